The zero-order valence-electron chi connectivity index (χ0n) is 9.74. The molecule has 1 unspecified atom stereocenters. The molecule has 2 N–H and O–H groups in total. The molecule has 1 aromatic rings. The number of carboxylic acid groups (broad SMARTS) is 1. The number of carbonyl (C=O) groups excluding carboxylic acids is 1. The van der Waals surface area contributed by atoms with E-state index in [1.165, 1.54) is 13.0 Å². The van der Waals surface area contributed by atoms with Crippen molar-refractivity contribution in [3.05, 3.63) is 35.4 Å². The fourth-order valence-electron chi connectivity index (χ4n) is 1.29. The maximum atomic E-state index is 12.9. The Morgan fingerprint density at radius 1 is 1.33 bits per heavy atom. The first-order valence-electron chi connectivity index (χ1n) is 5.33. The van der Waals surface area contributed by atoms with Crippen molar-refractivity contribution in [1.29, 1.82) is 0 Å². The van der Waals surface area contributed by atoms with Gasteiger partial charge < -0.3 is 10.4 Å². The van der Waals surface area contributed by atoms with Crippen LogP contribution in [0.1, 0.15) is 18.9 Å². The van der Waals surface area contributed by atoms with E-state index in [0.29, 0.717) is 5.56 Å². The topological polar surface area (TPSA) is 66.4 Å². The lowest BCUT2D eigenvalue weighted by Crippen LogP contribution is -2.26. The van der Waals surface area contributed by atoms with Crippen LogP contribution in [0.25, 0.3) is 0 Å². The largest absolute Gasteiger partial charge is 0.481 e. The van der Waals surface area contributed by atoms with Crippen LogP contribution in [-0.4, -0.2) is 17.0 Å². The molecule has 0 fully saturated rings. The normalized spacial score (nSPS) is 11.9. The molecule has 0 heterocycles. The van der Waals surface area contributed by atoms with Gasteiger partial charge in [-0.25, -0.2) is 8.78 Å². The molecule has 0 aromatic heterocycles. The highest BCUT2D eigenvalue weighted by atomic mass is 19.2. The number of aliphatic carboxylic acids is 1. The number of carbonyl (C=O) groups is 2. The number of hydrogen-bond acceptors (Lipinski definition) is 2. The molecular weight excluding hydrogens is 244 g/mol. The van der Waals surface area contributed by atoms with Gasteiger partial charge in [-0.3, -0.25) is 9.59 Å². The van der Waals surface area contributed by atoms with Crippen molar-refractivity contribution in [3.63, 3.8) is 0 Å². The van der Waals surface area contributed by atoms with Crippen LogP contribution in [0.4, 0.5) is 8.78 Å². The van der Waals surface area contributed by atoms with E-state index in [9.17, 15) is 18.4 Å². The van der Waals surface area contributed by atoms with Crippen LogP contribution in [0.3, 0.4) is 0 Å². The van der Waals surface area contributed by atoms with Gasteiger partial charge in [0.25, 0.3) is 0 Å². The summed E-state index contributed by atoms with van der Waals surface area (Å²) in [4.78, 5) is 21.9. The van der Waals surface area contributed by atoms with Gasteiger partial charge in [0.05, 0.1) is 5.92 Å². The number of benzene rings is 1. The van der Waals surface area contributed by atoms with Gasteiger partial charge in [0.15, 0.2) is 11.6 Å². The molecule has 0 bridgehead atoms. The first-order chi connectivity index (χ1) is 8.40. The standard InChI is InChI=1S/C12H13F2NO3/c1-7(12(17)18)4-11(16)15-6-8-2-3-9(13)10(14)5-8/h2-3,5,7H,4,6H2,1H3,(H,15,16)(H,17,18). The minimum absolute atomic E-state index is 0.0301. The molecule has 0 spiro atoms. The highest BCUT2D eigenvalue weighted by Gasteiger charge is 2.15. The maximum absolute atomic E-state index is 12.9. The molecule has 18 heavy (non-hydrogen) atoms. The number of nitrogens with one attached hydrogen (secondary N) is 1. The van der Waals surface area contributed by atoms with Crippen LogP contribution in [0.15, 0.2) is 18.2 Å². The third-order valence-corrected chi connectivity index (χ3v) is 2.39. The van der Waals surface area contributed by atoms with Crippen LogP contribution >= 0.6 is 0 Å². The van der Waals surface area contributed by atoms with Crippen LogP contribution < -0.4 is 5.32 Å². The number of hydrogen-bond donors (Lipinski definition) is 2. The average molecular weight is 257 g/mol. The maximum Gasteiger partial charge on any atom is 0.306 e. The highest BCUT2D eigenvalue weighted by molar-refractivity contribution is 5.81. The minimum atomic E-state index is -1.06. The quantitative estimate of drug-likeness (QED) is 0.843. The third-order valence-electron chi connectivity index (χ3n) is 2.39. The Morgan fingerprint density at radius 2 is 2.00 bits per heavy atom. The zero-order chi connectivity index (χ0) is 13.7. The van der Waals surface area contributed by atoms with Crippen molar-refractivity contribution in [2.24, 2.45) is 5.92 Å². The van der Waals surface area contributed by atoms with Crippen molar-refractivity contribution in [3.8, 4) is 0 Å². The lowest BCUT2D eigenvalue weighted by atomic mass is 10.1. The van der Waals surface area contributed by atoms with Crippen LogP contribution in [0.5, 0.6) is 0 Å². The predicted molar refractivity (Wildman–Crippen MR) is 59.6 cm³/mol. The second-order valence-corrected chi connectivity index (χ2v) is 3.97. The Hall–Kier alpha value is -1.98. The Bertz CT molecular complexity index is 463. The molecule has 0 radical (unpaired) electrons. The van der Waals surface area contributed by atoms with Gasteiger partial charge in [0, 0.05) is 13.0 Å². The van der Waals surface area contributed by atoms with Gasteiger partial charge in [0.2, 0.25) is 5.91 Å². The summed E-state index contributed by atoms with van der Waals surface area (Å²) in [6, 6.07) is 3.30. The molecule has 6 heteroatoms. The minimum Gasteiger partial charge on any atom is -0.481 e. The average Bonchev–Trinajstić information content (AvgIpc) is 2.30. The van der Waals surface area contributed by atoms with Crippen LogP contribution in [0, 0.1) is 17.6 Å². The summed E-state index contributed by atoms with van der Waals surface area (Å²) in [7, 11) is 0. The summed E-state index contributed by atoms with van der Waals surface area (Å²) in [6.07, 6.45) is -0.154. The van der Waals surface area contributed by atoms with E-state index in [4.69, 9.17) is 5.11 Å². The zero-order valence-corrected chi connectivity index (χ0v) is 9.74. The third kappa shape index (κ3) is 4.12. The van der Waals surface area contributed by atoms with Gasteiger partial charge in [-0.05, 0) is 17.7 Å². The summed E-state index contributed by atoms with van der Waals surface area (Å²) >= 11 is 0. The van der Waals surface area contributed by atoms with Crippen LogP contribution in [0.2, 0.25) is 0 Å². The highest BCUT2D eigenvalue weighted by Crippen LogP contribution is 2.08. The van der Waals surface area contributed by atoms with E-state index < -0.39 is 29.4 Å². The summed E-state index contributed by atoms with van der Waals surface area (Å²) in [6.45, 7) is 1.45. The number of carboxylic acids is 1. The Balaban J connectivity index is 2.47. The fourth-order valence-corrected chi connectivity index (χ4v) is 1.29. The number of rotatable bonds is 5. The van der Waals surface area contributed by atoms with E-state index in [1.807, 2.05) is 0 Å². The first-order valence-corrected chi connectivity index (χ1v) is 5.33. The van der Waals surface area contributed by atoms with Gasteiger partial charge in [0.1, 0.15) is 0 Å². The lowest BCUT2D eigenvalue weighted by molar-refractivity contribution is -0.143. The molecule has 0 aliphatic carbocycles. The van der Waals surface area contributed by atoms with Crippen molar-refractivity contribution < 1.29 is 23.5 Å². The SMILES string of the molecule is CC(CC(=O)NCc1ccc(F)c(F)c1)C(=O)O. The summed E-state index contributed by atoms with van der Waals surface area (Å²) in [5.74, 6) is -4.23. The molecule has 0 saturated carbocycles. The second-order valence-electron chi connectivity index (χ2n) is 3.97. The van der Waals surface area contributed by atoms with Crippen molar-refractivity contribution in [2.45, 2.75) is 19.9 Å². The molecule has 4 nitrogen and oxygen atoms in total. The van der Waals surface area contributed by atoms with Crippen molar-refractivity contribution in [1.82, 2.24) is 5.32 Å². The van der Waals surface area contributed by atoms with Crippen LogP contribution in [-0.2, 0) is 16.1 Å². The van der Waals surface area contributed by atoms with Gasteiger partial charge in [-0.15, -0.1) is 0 Å². The molecular formula is C12H13F2NO3. The molecule has 1 atom stereocenters. The molecule has 0 aliphatic heterocycles. The second kappa shape index (κ2) is 6.09. The molecule has 98 valence electrons. The van der Waals surface area contributed by atoms with E-state index >= 15 is 0 Å². The van der Waals surface area contributed by atoms with Gasteiger partial charge in [-0.2, -0.15) is 0 Å². The number of amides is 1. The molecule has 1 rings (SSSR count). The lowest BCUT2D eigenvalue weighted by Gasteiger charge is -2.08. The monoisotopic (exact) mass is 257 g/mol. The Kier molecular flexibility index (Phi) is 4.76. The van der Waals surface area contributed by atoms with Gasteiger partial charge in [-0.1, -0.05) is 13.0 Å². The Morgan fingerprint density at radius 3 is 2.56 bits per heavy atom. The van der Waals surface area contributed by atoms with Crippen molar-refractivity contribution in [2.75, 3.05) is 0 Å². The molecule has 1 aromatic carbocycles. The van der Waals surface area contributed by atoms with E-state index in [-0.39, 0.29) is 13.0 Å². The van der Waals surface area contributed by atoms with Crippen molar-refractivity contribution >= 4 is 11.9 Å². The smallest absolute Gasteiger partial charge is 0.306 e. The summed E-state index contributed by atoms with van der Waals surface area (Å²) in [5.41, 5.74) is 0.408. The van der Waals surface area contributed by atoms with E-state index in [1.54, 1.807) is 0 Å². The van der Waals surface area contributed by atoms with E-state index in [2.05, 4.69) is 5.32 Å². The number of halogens is 2. The molecule has 0 saturated heterocycles. The predicted octanol–water partition coefficient (Wildman–Crippen LogP) is 1.69. The summed E-state index contributed by atoms with van der Waals surface area (Å²) < 4.78 is 25.5. The Labute approximate surface area is 103 Å². The van der Waals surface area contributed by atoms with Gasteiger partial charge >= 0.3 is 5.97 Å². The van der Waals surface area contributed by atoms with E-state index in [0.717, 1.165) is 12.1 Å². The molecule has 1 amide bonds. The first kappa shape index (κ1) is 14.1. The fraction of sp³-hybridized carbons (Fsp3) is 0.333. The summed E-state index contributed by atoms with van der Waals surface area (Å²) in [5, 5.41) is 11.1. The molecule has 0 aliphatic rings.